The minimum Gasteiger partial charge on any atom is -0.399 e. The van der Waals surface area contributed by atoms with E-state index < -0.39 is 0 Å². The lowest BCUT2D eigenvalue weighted by Gasteiger charge is -2.33. The summed E-state index contributed by atoms with van der Waals surface area (Å²) in [6.07, 6.45) is 15.0. The maximum absolute atomic E-state index is 5.95. The molecule has 96 valence electrons. The largest absolute Gasteiger partial charge is 0.399 e. The molecule has 0 saturated carbocycles. The van der Waals surface area contributed by atoms with Crippen LogP contribution in [0.2, 0.25) is 0 Å². The summed E-state index contributed by atoms with van der Waals surface area (Å²) in [5, 5.41) is 0. The average molecular weight is 250 g/mol. The van der Waals surface area contributed by atoms with E-state index in [0.717, 1.165) is 12.2 Å². The normalized spacial score (nSPS) is 23.7. The highest BCUT2D eigenvalue weighted by Gasteiger charge is 2.27. The quantitative estimate of drug-likeness (QED) is 0.644. The Bertz CT molecular complexity index is 581. The van der Waals surface area contributed by atoms with Crippen LogP contribution in [0.4, 0.5) is 5.69 Å². The van der Waals surface area contributed by atoms with Crippen LogP contribution in [-0.2, 0) is 0 Å². The van der Waals surface area contributed by atoms with Crippen LogP contribution in [0.3, 0.4) is 0 Å². The lowest BCUT2D eigenvalue weighted by atomic mass is 9.85. The van der Waals surface area contributed by atoms with Crippen molar-refractivity contribution in [3.05, 3.63) is 72.5 Å². The molecule has 0 bridgehead atoms. The Labute approximate surface area is 114 Å². The van der Waals surface area contributed by atoms with Crippen molar-refractivity contribution in [2.24, 2.45) is 0 Å². The van der Waals surface area contributed by atoms with Crippen molar-refractivity contribution < 1.29 is 0 Å². The van der Waals surface area contributed by atoms with Crippen molar-refractivity contribution in [2.75, 3.05) is 12.3 Å². The highest BCUT2D eigenvalue weighted by molar-refractivity contribution is 5.62. The molecule has 1 aliphatic carbocycles. The number of rotatable bonds is 2. The minimum atomic E-state index is 0.335. The van der Waals surface area contributed by atoms with Crippen LogP contribution in [0, 0.1) is 0 Å². The number of anilines is 1. The van der Waals surface area contributed by atoms with Gasteiger partial charge in [0.15, 0.2) is 0 Å². The molecule has 2 nitrogen and oxygen atoms in total. The highest BCUT2D eigenvalue weighted by atomic mass is 15.1. The summed E-state index contributed by atoms with van der Waals surface area (Å²) in [5.41, 5.74) is 9.32. The Morgan fingerprint density at radius 2 is 2.11 bits per heavy atom. The summed E-state index contributed by atoms with van der Waals surface area (Å²) in [6.45, 7) is 4.70. The van der Waals surface area contributed by atoms with Crippen molar-refractivity contribution in [1.29, 1.82) is 0 Å². The van der Waals surface area contributed by atoms with E-state index in [2.05, 4.69) is 60.2 Å². The molecule has 19 heavy (non-hydrogen) atoms. The Morgan fingerprint density at radius 3 is 2.95 bits per heavy atom. The van der Waals surface area contributed by atoms with Gasteiger partial charge in [0.1, 0.15) is 0 Å². The van der Waals surface area contributed by atoms with E-state index in [1.807, 2.05) is 12.1 Å². The third-order valence-electron chi connectivity index (χ3n) is 3.74. The van der Waals surface area contributed by atoms with Crippen LogP contribution in [0.5, 0.6) is 0 Å². The molecule has 0 amide bonds. The molecule has 0 aromatic heterocycles. The molecule has 1 aliphatic heterocycles. The zero-order chi connectivity index (χ0) is 13.2. The molecule has 0 spiro atoms. The van der Waals surface area contributed by atoms with E-state index in [0.29, 0.717) is 12.0 Å². The lowest BCUT2D eigenvalue weighted by Crippen LogP contribution is -2.34. The van der Waals surface area contributed by atoms with E-state index >= 15 is 0 Å². The number of benzene rings is 1. The summed E-state index contributed by atoms with van der Waals surface area (Å²) in [5.74, 6) is 0.346. The summed E-state index contributed by atoms with van der Waals surface area (Å²) >= 11 is 0. The van der Waals surface area contributed by atoms with Crippen LogP contribution in [0.1, 0.15) is 17.0 Å². The monoisotopic (exact) mass is 250 g/mol. The lowest BCUT2D eigenvalue weighted by molar-refractivity contribution is 0.332. The van der Waals surface area contributed by atoms with Gasteiger partial charge in [-0.2, -0.15) is 0 Å². The smallest absolute Gasteiger partial charge is 0.0577 e. The van der Waals surface area contributed by atoms with Crippen molar-refractivity contribution in [2.45, 2.75) is 12.0 Å². The summed E-state index contributed by atoms with van der Waals surface area (Å²) in [7, 11) is 0. The maximum Gasteiger partial charge on any atom is 0.0577 e. The standard InChI is InChI=1S/C17H18N2/c1-2-10-19-11-9-13-7-8-14(18)12-16(13)15-5-3-4-6-17(15)19/h2-9,11-12,15,17H,1,10,18H2. The van der Waals surface area contributed by atoms with Crippen LogP contribution >= 0.6 is 0 Å². The van der Waals surface area contributed by atoms with Gasteiger partial charge in [-0.05, 0) is 29.3 Å². The predicted molar refractivity (Wildman–Crippen MR) is 81.6 cm³/mol. The van der Waals surface area contributed by atoms with Crippen LogP contribution in [-0.4, -0.2) is 17.5 Å². The molecular weight excluding hydrogens is 232 g/mol. The summed E-state index contributed by atoms with van der Waals surface area (Å²) in [6, 6.07) is 6.49. The number of hydrogen-bond acceptors (Lipinski definition) is 2. The third-order valence-corrected chi connectivity index (χ3v) is 3.74. The van der Waals surface area contributed by atoms with E-state index in [1.165, 1.54) is 11.1 Å². The number of nitrogens with two attached hydrogens (primary N) is 1. The Hall–Kier alpha value is -2.22. The molecule has 2 atom stereocenters. The first kappa shape index (κ1) is 11.8. The molecule has 2 N–H and O–H groups in total. The Kier molecular flexibility index (Phi) is 3.00. The van der Waals surface area contributed by atoms with Gasteiger partial charge < -0.3 is 10.6 Å². The van der Waals surface area contributed by atoms with E-state index in [9.17, 15) is 0 Å². The molecule has 0 saturated heterocycles. The first-order chi connectivity index (χ1) is 9.29. The van der Waals surface area contributed by atoms with Gasteiger partial charge in [0.25, 0.3) is 0 Å². The SMILES string of the molecule is C=CCN1C=Cc2ccc(N)cc2C2C=CC=CC21. The third kappa shape index (κ3) is 2.10. The van der Waals surface area contributed by atoms with E-state index in [1.54, 1.807) is 0 Å². The van der Waals surface area contributed by atoms with Gasteiger partial charge in [0.2, 0.25) is 0 Å². The average Bonchev–Trinajstić information content (AvgIpc) is 2.58. The molecule has 3 rings (SSSR count). The maximum atomic E-state index is 5.95. The molecule has 0 fully saturated rings. The van der Waals surface area contributed by atoms with Gasteiger partial charge in [-0.3, -0.25) is 0 Å². The predicted octanol–water partition coefficient (Wildman–Crippen LogP) is 3.32. The topological polar surface area (TPSA) is 29.3 Å². The highest BCUT2D eigenvalue weighted by Crippen LogP contribution is 2.35. The van der Waals surface area contributed by atoms with Gasteiger partial charge >= 0.3 is 0 Å². The van der Waals surface area contributed by atoms with Crippen molar-refractivity contribution in [3.63, 3.8) is 0 Å². The first-order valence-corrected chi connectivity index (χ1v) is 6.59. The Balaban J connectivity index is 2.10. The van der Waals surface area contributed by atoms with Gasteiger partial charge in [-0.1, -0.05) is 36.4 Å². The van der Waals surface area contributed by atoms with Crippen LogP contribution in [0.15, 0.2) is 61.4 Å². The second kappa shape index (κ2) is 4.81. The zero-order valence-electron chi connectivity index (χ0n) is 10.9. The van der Waals surface area contributed by atoms with Crippen molar-refractivity contribution >= 4 is 11.8 Å². The number of hydrogen-bond donors (Lipinski definition) is 1. The molecule has 1 aromatic rings. The number of nitrogens with zero attached hydrogens (tertiary/aromatic N) is 1. The second-order valence-corrected chi connectivity index (χ2v) is 4.98. The van der Waals surface area contributed by atoms with E-state index in [4.69, 9.17) is 5.73 Å². The van der Waals surface area contributed by atoms with Crippen molar-refractivity contribution in [3.8, 4) is 0 Å². The molecular formula is C17H18N2. The molecule has 1 heterocycles. The van der Waals surface area contributed by atoms with Gasteiger partial charge in [-0.15, -0.1) is 6.58 Å². The van der Waals surface area contributed by atoms with Crippen LogP contribution < -0.4 is 5.73 Å². The number of allylic oxidation sites excluding steroid dienone is 2. The molecule has 2 heteroatoms. The molecule has 2 unspecified atom stereocenters. The molecule has 0 radical (unpaired) electrons. The fourth-order valence-corrected chi connectivity index (χ4v) is 2.84. The Morgan fingerprint density at radius 1 is 1.26 bits per heavy atom. The minimum absolute atomic E-state index is 0.335. The molecule has 1 aromatic carbocycles. The fourth-order valence-electron chi connectivity index (χ4n) is 2.84. The van der Waals surface area contributed by atoms with Crippen LogP contribution in [0.25, 0.3) is 6.08 Å². The number of fused-ring (bicyclic) bond motifs is 3. The second-order valence-electron chi connectivity index (χ2n) is 4.98. The zero-order valence-corrected chi connectivity index (χ0v) is 10.9. The van der Waals surface area contributed by atoms with Crippen molar-refractivity contribution in [1.82, 2.24) is 4.90 Å². The van der Waals surface area contributed by atoms with Gasteiger partial charge in [-0.25, -0.2) is 0 Å². The number of nitrogen functional groups attached to an aromatic ring is 1. The fraction of sp³-hybridized carbons (Fsp3) is 0.176. The van der Waals surface area contributed by atoms with E-state index in [-0.39, 0.29) is 0 Å². The van der Waals surface area contributed by atoms with Gasteiger partial charge in [0, 0.05) is 24.4 Å². The molecule has 2 aliphatic rings. The van der Waals surface area contributed by atoms with Gasteiger partial charge in [0.05, 0.1) is 6.04 Å². The summed E-state index contributed by atoms with van der Waals surface area (Å²) < 4.78 is 0. The summed E-state index contributed by atoms with van der Waals surface area (Å²) in [4.78, 5) is 2.31. The first-order valence-electron chi connectivity index (χ1n) is 6.59.